The van der Waals surface area contributed by atoms with Gasteiger partial charge in [-0.25, -0.2) is 13.1 Å². The second-order valence-corrected chi connectivity index (χ2v) is 9.61. The summed E-state index contributed by atoms with van der Waals surface area (Å²) in [7, 11) is 0.374. The Morgan fingerprint density at radius 2 is 1.83 bits per heavy atom. The lowest BCUT2D eigenvalue weighted by molar-refractivity contribution is 0.0941. The molecule has 0 heterocycles. The number of carbonyl (C=O) groups is 1. The lowest BCUT2D eigenvalue weighted by Crippen LogP contribution is -2.41. The van der Waals surface area contributed by atoms with Crippen LogP contribution in [0.5, 0.6) is 0 Å². The zero-order valence-corrected chi connectivity index (χ0v) is 17.8. The van der Waals surface area contributed by atoms with Crippen LogP contribution in [0.25, 0.3) is 0 Å². The van der Waals surface area contributed by atoms with Crippen molar-refractivity contribution in [3.8, 4) is 0 Å². The van der Waals surface area contributed by atoms with Crippen LogP contribution in [0.1, 0.15) is 28.8 Å². The number of hydrogen-bond acceptors (Lipinski definition) is 4. The van der Waals surface area contributed by atoms with Crippen LogP contribution in [0.3, 0.4) is 0 Å². The average Bonchev–Trinajstić information content (AvgIpc) is 3.55. The molecule has 0 radical (unpaired) electrons. The number of nitrogens with zero attached hydrogens (tertiary/aromatic N) is 1. The number of hydrogen-bond donors (Lipinski definition) is 2. The topological polar surface area (TPSA) is 78.5 Å². The predicted octanol–water partition coefficient (Wildman–Crippen LogP) is 2.28. The second-order valence-electron chi connectivity index (χ2n) is 7.84. The van der Waals surface area contributed by atoms with Gasteiger partial charge in [-0.15, -0.1) is 0 Å². The smallest absolute Gasteiger partial charge is 0.251 e. The summed E-state index contributed by atoms with van der Waals surface area (Å²) in [5, 5.41) is 2.94. The molecule has 2 aromatic carbocycles. The van der Waals surface area contributed by atoms with Crippen LogP contribution < -0.4 is 10.0 Å². The van der Waals surface area contributed by atoms with Gasteiger partial charge >= 0.3 is 0 Å². The molecular formula is C22H29N3O3S. The maximum atomic E-state index is 12.6. The monoisotopic (exact) mass is 415 g/mol. The first kappa shape index (κ1) is 21.5. The summed E-state index contributed by atoms with van der Waals surface area (Å²) in [6.07, 6.45) is 2.95. The standard InChI is InChI=1S/C22H29N3O3S/c1-25(2)20(13-17-7-4-3-5-8-17)16-23-22(26)19-9-6-10-21(14-19)29(27,28)24-15-18-11-12-18/h3-10,14,18,20,24H,11-13,15-16H2,1-2H3,(H,23,26). The lowest BCUT2D eigenvalue weighted by atomic mass is 10.1. The summed E-state index contributed by atoms with van der Waals surface area (Å²) in [6, 6.07) is 16.5. The highest BCUT2D eigenvalue weighted by molar-refractivity contribution is 7.89. The minimum absolute atomic E-state index is 0.124. The zero-order chi connectivity index (χ0) is 20.9. The van der Waals surface area contributed by atoms with Gasteiger partial charge in [-0.1, -0.05) is 36.4 Å². The Morgan fingerprint density at radius 3 is 2.48 bits per heavy atom. The Balaban J connectivity index is 1.62. The molecule has 0 aliphatic heterocycles. The van der Waals surface area contributed by atoms with Crippen molar-refractivity contribution in [2.45, 2.75) is 30.2 Å². The number of rotatable bonds is 10. The normalized spacial score (nSPS) is 15.3. The van der Waals surface area contributed by atoms with Crippen molar-refractivity contribution in [3.63, 3.8) is 0 Å². The van der Waals surface area contributed by atoms with Crippen molar-refractivity contribution in [3.05, 3.63) is 65.7 Å². The first-order valence-corrected chi connectivity index (χ1v) is 11.4. The van der Waals surface area contributed by atoms with Crippen molar-refractivity contribution in [1.82, 2.24) is 14.9 Å². The van der Waals surface area contributed by atoms with E-state index in [0.29, 0.717) is 24.6 Å². The second kappa shape index (κ2) is 9.52. The highest BCUT2D eigenvalue weighted by Gasteiger charge is 2.24. The van der Waals surface area contributed by atoms with Gasteiger partial charge < -0.3 is 10.2 Å². The van der Waals surface area contributed by atoms with Gasteiger partial charge in [0.25, 0.3) is 5.91 Å². The minimum Gasteiger partial charge on any atom is -0.350 e. The number of benzene rings is 2. The maximum absolute atomic E-state index is 12.6. The molecule has 1 amide bonds. The van der Waals surface area contributed by atoms with Crippen LogP contribution >= 0.6 is 0 Å². The van der Waals surface area contributed by atoms with Gasteiger partial charge in [0.2, 0.25) is 10.0 Å². The van der Waals surface area contributed by atoms with Crippen molar-refractivity contribution < 1.29 is 13.2 Å². The van der Waals surface area contributed by atoms with Crippen LogP contribution in [0.2, 0.25) is 0 Å². The van der Waals surface area contributed by atoms with Crippen LogP contribution in [0, 0.1) is 5.92 Å². The summed E-state index contributed by atoms with van der Waals surface area (Å²) in [5.41, 5.74) is 1.55. The van der Waals surface area contributed by atoms with Crippen molar-refractivity contribution in [2.75, 3.05) is 27.2 Å². The maximum Gasteiger partial charge on any atom is 0.251 e. The van der Waals surface area contributed by atoms with Crippen LogP contribution in [-0.4, -0.2) is 52.5 Å². The molecule has 2 aromatic rings. The quantitative estimate of drug-likeness (QED) is 0.624. The Labute approximate surface area is 173 Å². The third kappa shape index (κ3) is 6.39. The van der Waals surface area contributed by atoms with E-state index in [1.807, 2.05) is 32.3 Å². The Bertz CT molecular complexity index is 925. The Kier molecular flexibility index (Phi) is 7.05. The number of likely N-dealkylation sites (N-methyl/N-ethyl adjacent to an activating group) is 1. The molecule has 156 valence electrons. The molecular weight excluding hydrogens is 386 g/mol. The van der Waals surface area contributed by atoms with E-state index in [1.54, 1.807) is 12.1 Å². The lowest BCUT2D eigenvalue weighted by Gasteiger charge is -2.25. The van der Waals surface area contributed by atoms with E-state index in [4.69, 9.17) is 0 Å². The molecule has 1 unspecified atom stereocenters. The molecule has 0 spiro atoms. The molecule has 3 rings (SSSR count). The van der Waals surface area contributed by atoms with Gasteiger partial charge in [-0.2, -0.15) is 0 Å². The van der Waals surface area contributed by atoms with E-state index in [9.17, 15) is 13.2 Å². The highest BCUT2D eigenvalue weighted by Crippen LogP contribution is 2.28. The van der Waals surface area contributed by atoms with Crippen molar-refractivity contribution >= 4 is 15.9 Å². The number of carbonyl (C=O) groups excluding carboxylic acids is 1. The fourth-order valence-corrected chi connectivity index (χ4v) is 4.24. The summed E-state index contributed by atoms with van der Waals surface area (Å²) >= 11 is 0. The highest BCUT2D eigenvalue weighted by atomic mass is 32.2. The summed E-state index contributed by atoms with van der Waals surface area (Å²) in [6.45, 7) is 0.931. The van der Waals surface area contributed by atoms with E-state index < -0.39 is 10.0 Å². The van der Waals surface area contributed by atoms with Gasteiger partial charge in [0.05, 0.1) is 4.90 Å². The molecule has 1 atom stereocenters. The van der Waals surface area contributed by atoms with Gasteiger partial charge in [-0.05, 0) is 63.0 Å². The molecule has 6 nitrogen and oxygen atoms in total. The van der Waals surface area contributed by atoms with E-state index in [1.165, 1.54) is 17.7 Å². The van der Waals surface area contributed by atoms with Crippen LogP contribution in [0.4, 0.5) is 0 Å². The molecule has 29 heavy (non-hydrogen) atoms. The van der Waals surface area contributed by atoms with Gasteiger partial charge in [0, 0.05) is 24.7 Å². The molecule has 0 saturated heterocycles. The number of sulfonamides is 1. The largest absolute Gasteiger partial charge is 0.350 e. The van der Waals surface area contributed by atoms with Crippen LogP contribution in [0.15, 0.2) is 59.5 Å². The molecule has 1 aliphatic carbocycles. The molecule has 1 aliphatic rings. The molecule has 7 heteroatoms. The SMILES string of the molecule is CN(C)C(CNC(=O)c1cccc(S(=O)(=O)NCC2CC2)c1)Cc1ccccc1. The number of nitrogens with one attached hydrogen (secondary N) is 2. The van der Waals surface area contributed by atoms with E-state index in [0.717, 1.165) is 19.3 Å². The van der Waals surface area contributed by atoms with Crippen molar-refractivity contribution in [1.29, 1.82) is 0 Å². The van der Waals surface area contributed by atoms with Gasteiger partial charge in [0.1, 0.15) is 0 Å². The van der Waals surface area contributed by atoms with Crippen LogP contribution in [-0.2, 0) is 16.4 Å². The first-order chi connectivity index (χ1) is 13.8. The molecule has 1 fully saturated rings. The summed E-state index contributed by atoms with van der Waals surface area (Å²) in [5.74, 6) is 0.174. The zero-order valence-electron chi connectivity index (χ0n) is 17.0. The molecule has 0 bridgehead atoms. The van der Waals surface area contributed by atoms with Gasteiger partial charge in [-0.3, -0.25) is 4.79 Å². The van der Waals surface area contributed by atoms with E-state index >= 15 is 0 Å². The number of amides is 1. The Hall–Kier alpha value is -2.22. The first-order valence-electron chi connectivity index (χ1n) is 9.93. The fraction of sp³-hybridized carbons (Fsp3) is 0.409. The average molecular weight is 416 g/mol. The van der Waals surface area contributed by atoms with Gasteiger partial charge in [0.15, 0.2) is 0 Å². The molecule has 0 aromatic heterocycles. The fourth-order valence-electron chi connectivity index (χ4n) is 3.07. The minimum atomic E-state index is -3.59. The van der Waals surface area contributed by atoms with E-state index in [2.05, 4.69) is 27.1 Å². The van der Waals surface area contributed by atoms with Crippen molar-refractivity contribution in [2.24, 2.45) is 5.92 Å². The molecule has 1 saturated carbocycles. The van der Waals surface area contributed by atoms with E-state index in [-0.39, 0.29) is 16.8 Å². The Morgan fingerprint density at radius 1 is 1.10 bits per heavy atom. The summed E-state index contributed by atoms with van der Waals surface area (Å²) in [4.78, 5) is 14.8. The third-order valence-electron chi connectivity index (χ3n) is 5.21. The predicted molar refractivity (Wildman–Crippen MR) is 114 cm³/mol. The summed E-state index contributed by atoms with van der Waals surface area (Å²) < 4.78 is 27.5. The molecule has 2 N–H and O–H groups in total. The third-order valence-corrected chi connectivity index (χ3v) is 6.63.